The van der Waals surface area contributed by atoms with Gasteiger partial charge in [0.15, 0.2) is 5.76 Å². The molecule has 164 valence electrons. The first-order chi connectivity index (χ1) is 14.9. The number of amides is 1. The highest BCUT2D eigenvalue weighted by Gasteiger charge is 2.26. The van der Waals surface area contributed by atoms with Crippen LogP contribution in [0.2, 0.25) is 5.02 Å². The number of hydrogen-bond donors (Lipinski definition) is 1. The number of thiophene rings is 1. The Bertz CT molecular complexity index is 1180. The van der Waals surface area contributed by atoms with Gasteiger partial charge in [-0.1, -0.05) is 23.7 Å². The maximum Gasteiger partial charge on any atom is 0.289 e. The molecule has 0 radical (unpaired) electrons. The third-order valence-corrected chi connectivity index (χ3v) is 7.78. The van der Waals surface area contributed by atoms with Crippen LogP contribution in [0.4, 0.5) is 0 Å². The molecule has 1 aliphatic rings. The summed E-state index contributed by atoms with van der Waals surface area (Å²) in [6.07, 6.45) is 0. The van der Waals surface area contributed by atoms with Crippen molar-refractivity contribution in [3.8, 4) is 10.4 Å². The van der Waals surface area contributed by atoms with Gasteiger partial charge in [-0.2, -0.15) is 0 Å². The number of sulfonamides is 1. The van der Waals surface area contributed by atoms with Gasteiger partial charge < -0.3 is 9.32 Å². The lowest BCUT2D eigenvalue weighted by Gasteiger charge is -2.34. The van der Waals surface area contributed by atoms with Gasteiger partial charge in [-0.15, -0.1) is 11.3 Å². The Balaban J connectivity index is 1.34. The Labute approximate surface area is 190 Å². The summed E-state index contributed by atoms with van der Waals surface area (Å²) >= 11 is 7.84. The molecule has 0 saturated carbocycles. The number of carbonyl (C=O) groups excluding carboxylic acids is 1. The van der Waals surface area contributed by atoms with Crippen molar-refractivity contribution in [2.75, 3.05) is 33.2 Å². The number of piperazine rings is 1. The molecule has 10 heteroatoms. The van der Waals surface area contributed by atoms with Crippen LogP contribution in [0.3, 0.4) is 0 Å². The van der Waals surface area contributed by atoms with Gasteiger partial charge in [0, 0.05) is 47.5 Å². The zero-order valence-corrected chi connectivity index (χ0v) is 19.3. The van der Waals surface area contributed by atoms with Crippen molar-refractivity contribution in [3.63, 3.8) is 0 Å². The lowest BCUT2D eigenvalue weighted by Crippen LogP contribution is -2.48. The van der Waals surface area contributed by atoms with E-state index in [9.17, 15) is 13.2 Å². The monoisotopic (exact) mass is 479 g/mol. The highest BCUT2D eigenvalue weighted by molar-refractivity contribution is 7.89. The standard InChI is InChI=1S/C21H22ClN3O4S2/c1-23-31(27,28)20-8-6-18(29-20)21(26)25-11-9-24(10-12-25)14-17-5-7-19(30-17)15-3-2-4-16(22)13-15/h2-8,13,23H,9-12,14H2,1H3. The quantitative estimate of drug-likeness (QED) is 0.584. The number of hydrogen-bond acceptors (Lipinski definition) is 6. The van der Waals surface area contributed by atoms with Crippen LogP contribution in [0.1, 0.15) is 15.4 Å². The summed E-state index contributed by atoms with van der Waals surface area (Å²) in [7, 11) is -2.41. The Morgan fingerprint density at radius 1 is 1.13 bits per heavy atom. The van der Waals surface area contributed by atoms with Crippen LogP contribution in [0.25, 0.3) is 10.4 Å². The van der Waals surface area contributed by atoms with Gasteiger partial charge >= 0.3 is 0 Å². The van der Waals surface area contributed by atoms with Crippen molar-refractivity contribution in [2.24, 2.45) is 0 Å². The van der Waals surface area contributed by atoms with Crippen LogP contribution in [0.5, 0.6) is 0 Å². The van der Waals surface area contributed by atoms with E-state index in [0.717, 1.165) is 30.2 Å². The van der Waals surface area contributed by atoms with Crippen LogP contribution in [-0.2, 0) is 16.6 Å². The first kappa shape index (κ1) is 22.0. The van der Waals surface area contributed by atoms with Crippen molar-refractivity contribution in [1.82, 2.24) is 14.5 Å². The van der Waals surface area contributed by atoms with Crippen LogP contribution < -0.4 is 4.72 Å². The van der Waals surface area contributed by atoms with Crippen molar-refractivity contribution >= 4 is 38.9 Å². The molecule has 2 aromatic heterocycles. The number of rotatable bonds is 6. The van der Waals surface area contributed by atoms with E-state index >= 15 is 0 Å². The van der Waals surface area contributed by atoms with Crippen LogP contribution in [-0.4, -0.2) is 57.4 Å². The summed E-state index contributed by atoms with van der Waals surface area (Å²) in [6.45, 7) is 3.40. The number of furan rings is 1. The molecule has 3 aromatic rings. The topological polar surface area (TPSA) is 82.9 Å². The largest absolute Gasteiger partial charge is 0.438 e. The second-order valence-corrected chi connectivity index (χ2v) is 10.6. The molecule has 0 bridgehead atoms. The number of nitrogens with zero attached hydrogens (tertiary/aromatic N) is 2. The predicted molar refractivity (Wildman–Crippen MR) is 121 cm³/mol. The second kappa shape index (κ2) is 9.13. The molecule has 4 rings (SSSR count). The fourth-order valence-electron chi connectivity index (χ4n) is 3.43. The minimum Gasteiger partial charge on any atom is -0.438 e. The maximum absolute atomic E-state index is 12.7. The highest BCUT2D eigenvalue weighted by Crippen LogP contribution is 2.30. The van der Waals surface area contributed by atoms with E-state index < -0.39 is 10.0 Å². The van der Waals surface area contributed by atoms with Crippen molar-refractivity contribution in [2.45, 2.75) is 11.6 Å². The molecule has 1 aliphatic heterocycles. The third kappa shape index (κ3) is 5.02. The molecule has 0 atom stereocenters. The van der Waals surface area contributed by atoms with Crippen LogP contribution in [0, 0.1) is 0 Å². The van der Waals surface area contributed by atoms with E-state index in [1.807, 2.05) is 24.3 Å². The molecule has 31 heavy (non-hydrogen) atoms. The van der Waals surface area contributed by atoms with Gasteiger partial charge in [0.25, 0.3) is 15.9 Å². The Morgan fingerprint density at radius 2 is 1.90 bits per heavy atom. The van der Waals surface area contributed by atoms with E-state index in [1.165, 1.54) is 28.9 Å². The molecule has 0 unspecified atom stereocenters. The molecule has 1 fully saturated rings. The Kier molecular flexibility index (Phi) is 6.49. The molecule has 7 nitrogen and oxygen atoms in total. The molecule has 1 N–H and O–H groups in total. The predicted octanol–water partition coefficient (Wildman–Crippen LogP) is 3.53. The fourth-order valence-corrected chi connectivity index (χ4v) is 5.31. The van der Waals surface area contributed by atoms with Gasteiger partial charge in [-0.05, 0) is 49.0 Å². The summed E-state index contributed by atoms with van der Waals surface area (Å²) in [5.74, 6) is -0.261. The normalized spacial score (nSPS) is 15.4. The highest BCUT2D eigenvalue weighted by atomic mass is 35.5. The van der Waals surface area contributed by atoms with E-state index in [-0.39, 0.29) is 16.8 Å². The zero-order valence-electron chi connectivity index (χ0n) is 16.9. The summed E-state index contributed by atoms with van der Waals surface area (Å²) in [5.41, 5.74) is 1.11. The Hall–Kier alpha value is -2.17. The third-order valence-electron chi connectivity index (χ3n) is 5.14. The molecule has 1 aromatic carbocycles. The lowest BCUT2D eigenvalue weighted by atomic mass is 10.2. The van der Waals surface area contributed by atoms with Crippen molar-refractivity contribution in [1.29, 1.82) is 0 Å². The molecule has 1 amide bonds. The van der Waals surface area contributed by atoms with Crippen LogP contribution in [0.15, 0.2) is 58.0 Å². The van der Waals surface area contributed by atoms with Crippen molar-refractivity contribution < 1.29 is 17.6 Å². The average molecular weight is 480 g/mol. The van der Waals surface area contributed by atoms with E-state index in [4.69, 9.17) is 16.0 Å². The number of benzene rings is 1. The molecule has 0 spiro atoms. The first-order valence-corrected chi connectivity index (χ1v) is 12.4. The maximum atomic E-state index is 12.7. The number of halogens is 1. The fraction of sp³-hybridized carbons (Fsp3) is 0.286. The molecular formula is C21H22ClN3O4S2. The van der Waals surface area contributed by atoms with Gasteiger partial charge in [0.1, 0.15) is 0 Å². The summed E-state index contributed by atoms with van der Waals surface area (Å²) in [4.78, 5) is 19.1. The Morgan fingerprint density at radius 3 is 2.61 bits per heavy atom. The van der Waals surface area contributed by atoms with Gasteiger partial charge in [0.2, 0.25) is 5.09 Å². The number of nitrogens with one attached hydrogen (secondary N) is 1. The van der Waals surface area contributed by atoms with Gasteiger partial charge in [-0.3, -0.25) is 9.69 Å². The molecule has 3 heterocycles. The minimum absolute atomic E-state index is 0.0340. The smallest absolute Gasteiger partial charge is 0.289 e. The van der Waals surface area contributed by atoms with Gasteiger partial charge in [-0.25, -0.2) is 13.1 Å². The summed E-state index contributed by atoms with van der Waals surface area (Å²) in [5, 5.41) is 0.464. The summed E-state index contributed by atoms with van der Waals surface area (Å²) < 4.78 is 31.0. The van der Waals surface area contributed by atoms with E-state index in [1.54, 1.807) is 16.2 Å². The number of carbonyl (C=O) groups is 1. The van der Waals surface area contributed by atoms with E-state index in [0.29, 0.717) is 13.1 Å². The summed E-state index contributed by atoms with van der Waals surface area (Å²) in [6, 6.07) is 14.8. The zero-order chi connectivity index (χ0) is 22.0. The van der Waals surface area contributed by atoms with Crippen LogP contribution >= 0.6 is 22.9 Å². The van der Waals surface area contributed by atoms with Gasteiger partial charge in [0.05, 0.1) is 0 Å². The minimum atomic E-state index is -3.71. The molecule has 1 saturated heterocycles. The molecule has 0 aliphatic carbocycles. The second-order valence-electron chi connectivity index (χ2n) is 7.17. The molecular weight excluding hydrogens is 458 g/mol. The SMILES string of the molecule is CNS(=O)(=O)c1ccc(C(=O)N2CCN(Cc3ccc(-c4cccc(Cl)c4)s3)CC2)o1. The van der Waals surface area contributed by atoms with Crippen molar-refractivity contribution in [3.05, 3.63) is 64.2 Å². The first-order valence-electron chi connectivity index (χ1n) is 9.75. The average Bonchev–Trinajstić information content (AvgIpc) is 3.44. The van der Waals surface area contributed by atoms with E-state index in [2.05, 4.69) is 21.8 Å². The lowest BCUT2D eigenvalue weighted by molar-refractivity contribution is 0.0593.